The fourth-order valence-corrected chi connectivity index (χ4v) is 4.03. The molecule has 2 aliphatic rings. The molecule has 0 unspecified atom stereocenters. The van der Waals surface area contributed by atoms with Gasteiger partial charge in [-0.1, -0.05) is 41.8 Å². The highest BCUT2D eigenvalue weighted by atomic mass is 79.9. The fourth-order valence-electron chi connectivity index (χ4n) is 3.45. The first-order chi connectivity index (χ1) is 9.72. The van der Waals surface area contributed by atoms with Crippen molar-refractivity contribution in [2.45, 2.75) is 44.9 Å². The molecule has 0 atom stereocenters. The topological polar surface area (TPSA) is 41.6 Å². The predicted molar refractivity (Wildman–Crippen MR) is 84.9 cm³/mol. The van der Waals surface area contributed by atoms with Gasteiger partial charge in [0.05, 0.1) is 17.4 Å². The molecule has 1 N–H and O–H groups in total. The quantitative estimate of drug-likeness (QED) is 0.833. The molecule has 104 valence electrons. The molecule has 20 heavy (non-hydrogen) atoms. The Labute approximate surface area is 127 Å². The van der Waals surface area contributed by atoms with Crippen LogP contribution in [0.1, 0.15) is 55.6 Å². The van der Waals surface area contributed by atoms with Gasteiger partial charge in [-0.15, -0.1) is 0 Å². The lowest BCUT2D eigenvalue weighted by atomic mass is 9.83. The Bertz CT molecular complexity index is 693. The molecular formula is C16H18BrN3. The maximum Gasteiger partial charge on any atom is 0.110 e. The Morgan fingerprint density at radius 2 is 2.05 bits per heavy atom. The summed E-state index contributed by atoms with van der Waals surface area (Å²) in [5.74, 6) is 2.63. The van der Waals surface area contributed by atoms with Crippen LogP contribution in [0.5, 0.6) is 0 Å². The number of imidazole rings is 1. The van der Waals surface area contributed by atoms with E-state index >= 15 is 0 Å². The SMILES string of the molecule is CC1CCC(c2nc3c4c(ncc3[nH]2)CC=C4Br)CC1. The second-order valence-electron chi connectivity index (χ2n) is 6.18. The van der Waals surface area contributed by atoms with Crippen LogP contribution in [0.4, 0.5) is 0 Å². The molecule has 2 aromatic rings. The van der Waals surface area contributed by atoms with Crippen LogP contribution >= 0.6 is 15.9 Å². The van der Waals surface area contributed by atoms with E-state index in [1.54, 1.807) is 0 Å². The molecule has 4 heteroatoms. The number of aromatic amines is 1. The molecule has 2 heterocycles. The van der Waals surface area contributed by atoms with Crippen molar-refractivity contribution in [1.82, 2.24) is 15.0 Å². The Balaban J connectivity index is 1.76. The van der Waals surface area contributed by atoms with Crippen molar-refractivity contribution in [3.05, 3.63) is 29.4 Å². The Morgan fingerprint density at radius 1 is 1.25 bits per heavy atom. The van der Waals surface area contributed by atoms with E-state index < -0.39 is 0 Å². The highest BCUT2D eigenvalue weighted by Crippen LogP contribution is 2.38. The second kappa shape index (κ2) is 4.69. The second-order valence-corrected chi connectivity index (χ2v) is 7.03. The van der Waals surface area contributed by atoms with Crippen LogP contribution in [0.15, 0.2) is 12.3 Å². The molecule has 0 aliphatic heterocycles. The minimum Gasteiger partial charge on any atom is -0.340 e. The molecule has 1 fully saturated rings. The van der Waals surface area contributed by atoms with Crippen LogP contribution in [0.3, 0.4) is 0 Å². The van der Waals surface area contributed by atoms with E-state index in [0.29, 0.717) is 5.92 Å². The zero-order valence-corrected chi connectivity index (χ0v) is 13.2. The van der Waals surface area contributed by atoms with Gasteiger partial charge in [-0.25, -0.2) is 4.98 Å². The molecule has 0 saturated heterocycles. The maximum absolute atomic E-state index is 4.92. The minimum absolute atomic E-state index is 0.596. The van der Waals surface area contributed by atoms with Crippen molar-refractivity contribution in [1.29, 1.82) is 0 Å². The molecule has 1 saturated carbocycles. The number of H-pyrrole nitrogens is 1. The lowest BCUT2D eigenvalue weighted by Crippen LogP contribution is -2.11. The van der Waals surface area contributed by atoms with Crippen molar-refractivity contribution in [2.75, 3.05) is 0 Å². The van der Waals surface area contributed by atoms with Gasteiger partial charge < -0.3 is 4.98 Å². The van der Waals surface area contributed by atoms with Gasteiger partial charge in [-0.3, -0.25) is 4.98 Å². The number of aromatic nitrogens is 3. The van der Waals surface area contributed by atoms with Gasteiger partial charge >= 0.3 is 0 Å². The van der Waals surface area contributed by atoms with Crippen molar-refractivity contribution >= 4 is 31.4 Å². The van der Waals surface area contributed by atoms with Gasteiger partial charge in [-0.05, 0) is 18.8 Å². The minimum atomic E-state index is 0.596. The molecule has 0 amide bonds. The van der Waals surface area contributed by atoms with Crippen molar-refractivity contribution in [2.24, 2.45) is 5.92 Å². The Kier molecular flexibility index (Phi) is 2.95. The van der Waals surface area contributed by atoms with E-state index in [0.717, 1.165) is 39.4 Å². The summed E-state index contributed by atoms with van der Waals surface area (Å²) in [6.45, 7) is 2.35. The van der Waals surface area contributed by atoms with E-state index in [9.17, 15) is 0 Å². The highest BCUT2D eigenvalue weighted by molar-refractivity contribution is 9.15. The molecule has 2 aliphatic carbocycles. The monoisotopic (exact) mass is 331 g/mol. The van der Waals surface area contributed by atoms with Gasteiger partial charge in [0.25, 0.3) is 0 Å². The number of hydrogen-bond donors (Lipinski definition) is 1. The van der Waals surface area contributed by atoms with Gasteiger partial charge in [0.2, 0.25) is 0 Å². The van der Waals surface area contributed by atoms with E-state index in [4.69, 9.17) is 4.98 Å². The molecule has 0 bridgehead atoms. The van der Waals surface area contributed by atoms with Crippen molar-refractivity contribution in [3.63, 3.8) is 0 Å². The Morgan fingerprint density at radius 3 is 2.85 bits per heavy atom. The predicted octanol–water partition coefficient (Wildman–Crippen LogP) is 4.54. The summed E-state index contributed by atoms with van der Waals surface area (Å²) in [6, 6.07) is 0. The number of nitrogens with one attached hydrogen (secondary N) is 1. The lowest BCUT2D eigenvalue weighted by molar-refractivity contribution is 0.341. The van der Waals surface area contributed by atoms with Crippen LogP contribution in [0, 0.1) is 5.92 Å². The summed E-state index contributed by atoms with van der Waals surface area (Å²) in [5.41, 5.74) is 4.49. The van der Waals surface area contributed by atoms with Gasteiger partial charge in [0.15, 0.2) is 0 Å². The summed E-state index contributed by atoms with van der Waals surface area (Å²) in [7, 11) is 0. The number of nitrogens with zero attached hydrogens (tertiary/aromatic N) is 2. The zero-order chi connectivity index (χ0) is 13.7. The normalized spacial score (nSPS) is 25.8. The third kappa shape index (κ3) is 1.93. The lowest BCUT2D eigenvalue weighted by Gasteiger charge is -2.24. The summed E-state index contributed by atoms with van der Waals surface area (Å²) >= 11 is 3.64. The standard InChI is InChI=1S/C16H18BrN3/c1-9-2-4-10(5-3-9)16-19-13-8-18-12-7-6-11(17)14(12)15(13)20-16/h6,8-10H,2-5,7H2,1H3,(H,19,20). The van der Waals surface area contributed by atoms with Crippen LogP contribution in [-0.2, 0) is 6.42 Å². The smallest absolute Gasteiger partial charge is 0.110 e. The summed E-state index contributed by atoms with van der Waals surface area (Å²) in [6.07, 6.45) is 10.2. The number of pyridine rings is 1. The number of fused-ring (bicyclic) bond motifs is 3. The molecule has 0 spiro atoms. The van der Waals surface area contributed by atoms with Crippen LogP contribution in [0.2, 0.25) is 0 Å². The third-order valence-electron chi connectivity index (χ3n) is 4.74. The number of halogens is 1. The average molecular weight is 332 g/mol. The summed E-state index contributed by atoms with van der Waals surface area (Å²) < 4.78 is 1.14. The molecule has 4 rings (SSSR count). The largest absolute Gasteiger partial charge is 0.340 e. The summed E-state index contributed by atoms with van der Waals surface area (Å²) in [5, 5.41) is 0. The van der Waals surface area contributed by atoms with Crippen LogP contribution in [-0.4, -0.2) is 15.0 Å². The number of allylic oxidation sites excluding steroid dienone is 1. The Hall–Kier alpha value is -1.16. The number of hydrogen-bond acceptors (Lipinski definition) is 2. The van der Waals surface area contributed by atoms with E-state index in [1.165, 1.54) is 31.2 Å². The highest BCUT2D eigenvalue weighted by Gasteiger charge is 2.24. The molecule has 3 nitrogen and oxygen atoms in total. The molecule has 0 aromatic carbocycles. The van der Waals surface area contributed by atoms with Gasteiger partial charge in [-0.2, -0.15) is 0 Å². The third-order valence-corrected chi connectivity index (χ3v) is 5.46. The maximum atomic E-state index is 4.92. The first-order valence-electron chi connectivity index (χ1n) is 7.46. The molecular weight excluding hydrogens is 314 g/mol. The fraction of sp³-hybridized carbons (Fsp3) is 0.500. The van der Waals surface area contributed by atoms with Gasteiger partial charge in [0.1, 0.15) is 11.3 Å². The summed E-state index contributed by atoms with van der Waals surface area (Å²) in [4.78, 5) is 13.0. The molecule has 2 aromatic heterocycles. The van der Waals surface area contributed by atoms with Crippen molar-refractivity contribution < 1.29 is 0 Å². The van der Waals surface area contributed by atoms with E-state index in [2.05, 4.69) is 38.9 Å². The van der Waals surface area contributed by atoms with Crippen LogP contribution < -0.4 is 0 Å². The number of rotatable bonds is 1. The van der Waals surface area contributed by atoms with E-state index in [1.807, 2.05) is 6.20 Å². The first kappa shape index (κ1) is 12.6. The molecule has 0 radical (unpaired) electrons. The average Bonchev–Trinajstić information content (AvgIpc) is 3.03. The zero-order valence-electron chi connectivity index (χ0n) is 11.6. The van der Waals surface area contributed by atoms with Crippen molar-refractivity contribution in [3.8, 4) is 0 Å². The van der Waals surface area contributed by atoms with E-state index in [-0.39, 0.29) is 0 Å². The van der Waals surface area contributed by atoms with Gasteiger partial charge in [0, 0.05) is 22.4 Å². The van der Waals surface area contributed by atoms with Crippen LogP contribution in [0.25, 0.3) is 15.5 Å². The first-order valence-corrected chi connectivity index (χ1v) is 8.25.